The van der Waals surface area contributed by atoms with E-state index in [0.717, 1.165) is 38.0 Å². The number of carbonyl (C=O) groups excluding carboxylic acids is 1. The molecule has 4 nitrogen and oxygen atoms in total. The molecule has 0 aromatic rings. The van der Waals surface area contributed by atoms with Crippen molar-refractivity contribution >= 4 is 17.7 Å². The number of rotatable bonds is 6. The van der Waals surface area contributed by atoms with E-state index >= 15 is 0 Å². The van der Waals surface area contributed by atoms with E-state index in [2.05, 4.69) is 5.32 Å². The Morgan fingerprint density at radius 2 is 2.41 bits per heavy atom. The van der Waals surface area contributed by atoms with Gasteiger partial charge in [-0.15, -0.1) is 0 Å². The second-order valence-electron chi connectivity index (χ2n) is 4.42. The fourth-order valence-electron chi connectivity index (χ4n) is 2.54. The van der Waals surface area contributed by atoms with E-state index in [9.17, 15) is 4.79 Å². The van der Waals surface area contributed by atoms with E-state index in [-0.39, 0.29) is 12.6 Å². The molecule has 0 aromatic carbocycles. The number of ether oxygens (including phenoxy) is 1. The molecule has 5 heteroatoms. The van der Waals surface area contributed by atoms with E-state index in [1.807, 2.05) is 6.92 Å². The molecule has 0 bridgehead atoms. The van der Waals surface area contributed by atoms with Crippen LogP contribution in [0.1, 0.15) is 32.6 Å². The largest absolute Gasteiger partial charge is 0.468 e. The Balaban J connectivity index is 2.65. The third-order valence-electron chi connectivity index (χ3n) is 3.24. The van der Waals surface area contributed by atoms with Crippen LogP contribution in [0, 0.1) is 0 Å². The first-order chi connectivity index (χ1) is 8.18. The lowest BCUT2D eigenvalue weighted by atomic mass is 9.81. The zero-order valence-corrected chi connectivity index (χ0v) is 11.5. The van der Waals surface area contributed by atoms with Gasteiger partial charge in [0.15, 0.2) is 0 Å². The number of hydrogen-bond donors (Lipinski definition) is 2. The van der Waals surface area contributed by atoms with Crippen molar-refractivity contribution < 1.29 is 14.6 Å². The van der Waals surface area contributed by atoms with Crippen molar-refractivity contribution in [2.75, 3.05) is 26.0 Å². The van der Waals surface area contributed by atoms with Crippen LogP contribution in [0.25, 0.3) is 0 Å². The highest BCUT2D eigenvalue weighted by Crippen LogP contribution is 2.35. The van der Waals surface area contributed by atoms with Gasteiger partial charge in [0, 0.05) is 11.0 Å². The quantitative estimate of drug-likeness (QED) is 0.703. The lowest BCUT2D eigenvalue weighted by Crippen LogP contribution is -2.56. The summed E-state index contributed by atoms with van der Waals surface area (Å²) in [6.07, 6.45) is 3.81. The summed E-state index contributed by atoms with van der Waals surface area (Å²) in [6.45, 7) is 2.98. The molecule has 100 valence electrons. The Morgan fingerprint density at radius 3 is 3.00 bits per heavy atom. The summed E-state index contributed by atoms with van der Waals surface area (Å²) in [6, 6.07) is 0. The van der Waals surface area contributed by atoms with Gasteiger partial charge in [-0.25, -0.2) is 0 Å². The Bertz CT molecular complexity index is 246. The molecule has 1 rings (SSSR count). The highest BCUT2D eigenvalue weighted by molar-refractivity contribution is 7.99. The highest BCUT2D eigenvalue weighted by Gasteiger charge is 2.43. The molecule has 1 fully saturated rings. The number of aliphatic hydroxyl groups is 1. The molecule has 0 aliphatic heterocycles. The van der Waals surface area contributed by atoms with Gasteiger partial charge in [-0.2, -0.15) is 11.8 Å². The van der Waals surface area contributed by atoms with Crippen LogP contribution in [0.4, 0.5) is 0 Å². The molecular formula is C12H23NO3S. The number of aliphatic hydroxyl groups excluding tert-OH is 1. The van der Waals surface area contributed by atoms with Crippen LogP contribution in [-0.2, 0) is 9.53 Å². The molecule has 0 aromatic heterocycles. The Morgan fingerprint density at radius 1 is 1.65 bits per heavy atom. The molecular weight excluding hydrogens is 238 g/mol. The first kappa shape index (κ1) is 14.8. The Labute approximate surface area is 107 Å². The number of hydrogen-bond acceptors (Lipinski definition) is 5. The number of nitrogens with one attached hydrogen (secondary N) is 1. The van der Waals surface area contributed by atoms with Gasteiger partial charge in [-0.05, 0) is 32.2 Å². The summed E-state index contributed by atoms with van der Waals surface area (Å²) >= 11 is 1.76. The molecule has 2 unspecified atom stereocenters. The van der Waals surface area contributed by atoms with E-state index in [4.69, 9.17) is 9.84 Å². The van der Waals surface area contributed by atoms with Crippen LogP contribution in [0.2, 0.25) is 0 Å². The maximum atomic E-state index is 12.0. The fraction of sp³-hybridized carbons (Fsp3) is 0.917. The number of esters is 1. The van der Waals surface area contributed by atoms with Gasteiger partial charge in [0.2, 0.25) is 0 Å². The Hall–Kier alpha value is -0.260. The van der Waals surface area contributed by atoms with E-state index in [0.29, 0.717) is 5.25 Å². The average Bonchev–Trinajstić information content (AvgIpc) is 2.36. The van der Waals surface area contributed by atoms with Crippen LogP contribution in [0.3, 0.4) is 0 Å². The van der Waals surface area contributed by atoms with Crippen molar-refractivity contribution in [3.63, 3.8) is 0 Å². The smallest absolute Gasteiger partial charge is 0.326 e. The van der Waals surface area contributed by atoms with Crippen molar-refractivity contribution in [2.45, 2.75) is 43.4 Å². The maximum Gasteiger partial charge on any atom is 0.326 e. The van der Waals surface area contributed by atoms with E-state index in [1.54, 1.807) is 11.8 Å². The average molecular weight is 261 g/mol. The fourth-order valence-corrected chi connectivity index (χ4v) is 3.71. The monoisotopic (exact) mass is 261 g/mol. The van der Waals surface area contributed by atoms with Crippen molar-refractivity contribution in [3.8, 4) is 0 Å². The molecule has 1 aliphatic rings. The van der Waals surface area contributed by atoms with Gasteiger partial charge >= 0.3 is 5.97 Å². The zero-order chi connectivity index (χ0) is 12.7. The summed E-state index contributed by atoms with van der Waals surface area (Å²) in [5.74, 6) is 0.599. The second kappa shape index (κ2) is 7.24. The van der Waals surface area contributed by atoms with Crippen molar-refractivity contribution in [2.24, 2.45) is 0 Å². The number of thioether (sulfide) groups is 1. The molecule has 0 amide bonds. The molecule has 0 heterocycles. The van der Waals surface area contributed by atoms with Crippen molar-refractivity contribution in [3.05, 3.63) is 0 Å². The first-order valence-corrected chi connectivity index (χ1v) is 7.29. The molecule has 2 atom stereocenters. The minimum Gasteiger partial charge on any atom is -0.468 e. The maximum absolute atomic E-state index is 12.0. The number of methoxy groups -OCH3 is 1. The predicted molar refractivity (Wildman–Crippen MR) is 70.2 cm³/mol. The topological polar surface area (TPSA) is 58.6 Å². The third-order valence-corrected chi connectivity index (χ3v) is 4.53. The zero-order valence-electron chi connectivity index (χ0n) is 10.7. The molecule has 0 saturated heterocycles. The van der Waals surface area contributed by atoms with Gasteiger partial charge in [-0.3, -0.25) is 4.79 Å². The summed E-state index contributed by atoms with van der Waals surface area (Å²) in [7, 11) is 1.45. The van der Waals surface area contributed by atoms with Gasteiger partial charge in [0.1, 0.15) is 5.54 Å². The minimum absolute atomic E-state index is 0.145. The van der Waals surface area contributed by atoms with Gasteiger partial charge in [0.25, 0.3) is 0 Å². The van der Waals surface area contributed by atoms with Gasteiger partial charge in [-0.1, -0.05) is 6.92 Å². The third kappa shape index (κ3) is 3.86. The second-order valence-corrected chi connectivity index (χ2v) is 5.83. The summed E-state index contributed by atoms with van der Waals surface area (Å²) < 4.78 is 4.94. The van der Waals surface area contributed by atoms with Crippen LogP contribution in [0.5, 0.6) is 0 Å². The lowest BCUT2D eigenvalue weighted by molar-refractivity contribution is -0.150. The first-order valence-electron chi connectivity index (χ1n) is 6.24. The SMILES string of the molecule is CCNC1(C(=O)OC)CCCC(SCCO)C1. The lowest BCUT2D eigenvalue weighted by Gasteiger charge is -2.38. The molecule has 1 saturated carbocycles. The van der Waals surface area contributed by atoms with Crippen molar-refractivity contribution in [1.29, 1.82) is 0 Å². The molecule has 0 spiro atoms. The van der Waals surface area contributed by atoms with Gasteiger partial charge in [0.05, 0.1) is 13.7 Å². The van der Waals surface area contributed by atoms with E-state index in [1.165, 1.54) is 7.11 Å². The summed E-state index contributed by atoms with van der Waals surface area (Å²) in [4.78, 5) is 12.0. The molecule has 0 radical (unpaired) electrons. The minimum atomic E-state index is -0.505. The molecule has 1 aliphatic carbocycles. The Kier molecular flexibility index (Phi) is 6.30. The highest BCUT2D eigenvalue weighted by atomic mass is 32.2. The molecule has 2 N–H and O–H groups in total. The molecule has 17 heavy (non-hydrogen) atoms. The van der Waals surface area contributed by atoms with Gasteiger partial charge < -0.3 is 15.2 Å². The summed E-state index contributed by atoms with van der Waals surface area (Å²) in [5, 5.41) is 12.6. The van der Waals surface area contributed by atoms with E-state index < -0.39 is 5.54 Å². The van der Waals surface area contributed by atoms with Crippen molar-refractivity contribution in [1.82, 2.24) is 5.32 Å². The van der Waals surface area contributed by atoms with Crippen LogP contribution >= 0.6 is 11.8 Å². The number of carbonyl (C=O) groups is 1. The standard InChI is InChI=1S/C12H23NO3S/c1-3-13-12(11(15)16-2)6-4-5-10(9-12)17-8-7-14/h10,13-14H,3-9H2,1-2H3. The normalized spacial score (nSPS) is 29.0. The number of likely N-dealkylation sites (N-methyl/N-ethyl adjacent to an activating group) is 1. The van der Waals surface area contributed by atoms with Crippen LogP contribution in [-0.4, -0.2) is 47.9 Å². The van der Waals surface area contributed by atoms with Crippen LogP contribution < -0.4 is 5.32 Å². The predicted octanol–water partition coefficient (Wildman–Crippen LogP) is 1.18. The van der Waals surface area contributed by atoms with Crippen LogP contribution in [0.15, 0.2) is 0 Å². The summed E-state index contributed by atoms with van der Waals surface area (Å²) in [5.41, 5.74) is -0.505.